The van der Waals surface area contributed by atoms with Crippen molar-refractivity contribution in [2.24, 2.45) is 5.41 Å². The van der Waals surface area contributed by atoms with Crippen LogP contribution in [-0.2, 0) is 6.42 Å². The lowest BCUT2D eigenvalue weighted by molar-refractivity contribution is -0.0405. The van der Waals surface area contributed by atoms with Crippen LogP contribution in [0.2, 0.25) is 5.02 Å². The highest BCUT2D eigenvalue weighted by molar-refractivity contribution is 6.31. The van der Waals surface area contributed by atoms with Crippen LogP contribution in [0.4, 0.5) is 4.39 Å². The number of benzene rings is 1. The number of hydrogen-bond donors (Lipinski definition) is 1. The molecule has 0 aliphatic heterocycles. The van der Waals surface area contributed by atoms with Crippen molar-refractivity contribution in [3.05, 3.63) is 34.6 Å². The normalized spacial score (nSPS) is 15.9. The van der Waals surface area contributed by atoms with Gasteiger partial charge in [0.25, 0.3) is 0 Å². The van der Waals surface area contributed by atoms with Gasteiger partial charge in [-0.1, -0.05) is 32.4 Å². The number of aliphatic hydroxyl groups is 1. The van der Waals surface area contributed by atoms with E-state index in [1.165, 1.54) is 18.2 Å². The minimum Gasteiger partial charge on any atom is -0.389 e. The Morgan fingerprint density at radius 1 is 1.25 bits per heavy atom. The Hall–Kier alpha value is -0.600. The van der Waals surface area contributed by atoms with E-state index in [0.717, 1.165) is 0 Å². The fourth-order valence-corrected chi connectivity index (χ4v) is 1.50. The molecule has 0 radical (unpaired) electrons. The molecule has 0 aliphatic carbocycles. The van der Waals surface area contributed by atoms with Crippen LogP contribution in [-0.4, -0.2) is 10.7 Å². The summed E-state index contributed by atoms with van der Waals surface area (Å²) in [6.45, 7) is 7.58. The van der Waals surface area contributed by atoms with Crippen LogP contribution in [0.3, 0.4) is 0 Å². The van der Waals surface area contributed by atoms with E-state index < -0.39 is 5.60 Å². The molecule has 90 valence electrons. The van der Waals surface area contributed by atoms with Crippen LogP contribution in [0.5, 0.6) is 0 Å². The van der Waals surface area contributed by atoms with Gasteiger partial charge in [0.05, 0.1) is 5.60 Å². The molecule has 16 heavy (non-hydrogen) atoms. The van der Waals surface area contributed by atoms with Gasteiger partial charge in [0.1, 0.15) is 5.82 Å². The van der Waals surface area contributed by atoms with Gasteiger partial charge in [0.15, 0.2) is 0 Å². The summed E-state index contributed by atoms with van der Waals surface area (Å²) in [6.07, 6.45) is 0.340. The highest BCUT2D eigenvalue weighted by Gasteiger charge is 2.35. The van der Waals surface area contributed by atoms with Crippen LogP contribution >= 0.6 is 11.6 Å². The van der Waals surface area contributed by atoms with Crippen molar-refractivity contribution in [3.8, 4) is 0 Å². The highest BCUT2D eigenvalue weighted by Crippen LogP contribution is 2.34. The van der Waals surface area contributed by atoms with Crippen molar-refractivity contribution in [1.29, 1.82) is 0 Å². The molecular formula is C13H18ClFO. The maximum Gasteiger partial charge on any atom is 0.123 e. The summed E-state index contributed by atoms with van der Waals surface area (Å²) in [4.78, 5) is 0. The quantitative estimate of drug-likeness (QED) is 0.839. The second kappa shape index (κ2) is 4.34. The van der Waals surface area contributed by atoms with E-state index >= 15 is 0 Å². The van der Waals surface area contributed by atoms with E-state index in [4.69, 9.17) is 11.6 Å². The molecule has 1 N–H and O–H groups in total. The second-order valence-electron chi connectivity index (χ2n) is 5.44. The third-order valence-electron chi connectivity index (χ3n) is 3.16. The van der Waals surface area contributed by atoms with Gasteiger partial charge in [-0.05, 0) is 36.1 Å². The lowest BCUT2D eigenvalue weighted by Gasteiger charge is -2.37. The van der Waals surface area contributed by atoms with Gasteiger partial charge in [0.2, 0.25) is 0 Å². The average molecular weight is 245 g/mol. The molecule has 1 aromatic rings. The Morgan fingerprint density at radius 3 is 2.31 bits per heavy atom. The van der Waals surface area contributed by atoms with E-state index in [1.807, 2.05) is 20.8 Å². The first-order valence-electron chi connectivity index (χ1n) is 5.30. The fraction of sp³-hybridized carbons (Fsp3) is 0.538. The Morgan fingerprint density at radius 2 is 1.81 bits per heavy atom. The topological polar surface area (TPSA) is 20.2 Å². The van der Waals surface area contributed by atoms with Crippen molar-refractivity contribution >= 4 is 11.6 Å². The van der Waals surface area contributed by atoms with Crippen LogP contribution in [0.25, 0.3) is 0 Å². The number of halogens is 2. The van der Waals surface area contributed by atoms with E-state index in [9.17, 15) is 9.50 Å². The Labute approximate surface area is 101 Å². The van der Waals surface area contributed by atoms with Crippen molar-refractivity contribution in [1.82, 2.24) is 0 Å². The summed E-state index contributed by atoms with van der Waals surface area (Å²) in [6, 6.07) is 4.21. The molecule has 1 aromatic carbocycles. The first-order valence-corrected chi connectivity index (χ1v) is 5.67. The molecule has 0 saturated carbocycles. The standard InChI is InChI=1S/C13H18ClFO/c1-12(2,3)13(4,16)8-9-7-10(15)5-6-11(9)14/h5-7,16H,8H2,1-4H3. The molecule has 0 aromatic heterocycles. The molecule has 0 heterocycles. The predicted molar refractivity (Wildman–Crippen MR) is 65.2 cm³/mol. The largest absolute Gasteiger partial charge is 0.389 e. The molecular weight excluding hydrogens is 227 g/mol. The van der Waals surface area contributed by atoms with Crippen molar-refractivity contribution in [3.63, 3.8) is 0 Å². The molecule has 0 saturated heterocycles. The van der Waals surface area contributed by atoms with Crippen LogP contribution < -0.4 is 0 Å². The van der Waals surface area contributed by atoms with Crippen LogP contribution in [0, 0.1) is 11.2 Å². The highest BCUT2D eigenvalue weighted by atomic mass is 35.5. The minimum atomic E-state index is -0.926. The van der Waals surface area contributed by atoms with Crippen LogP contribution in [0.15, 0.2) is 18.2 Å². The van der Waals surface area contributed by atoms with E-state index in [2.05, 4.69) is 0 Å². The zero-order valence-corrected chi connectivity index (χ0v) is 10.9. The summed E-state index contributed by atoms with van der Waals surface area (Å²) >= 11 is 5.97. The Kier molecular flexibility index (Phi) is 3.65. The summed E-state index contributed by atoms with van der Waals surface area (Å²) in [5, 5.41) is 10.8. The van der Waals surface area contributed by atoms with Crippen LogP contribution in [0.1, 0.15) is 33.3 Å². The van der Waals surface area contributed by atoms with Gasteiger partial charge >= 0.3 is 0 Å². The molecule has 0 spiro atoms. The number of hydrogen-bond acceptors (Lipinski definition) is 1. The molecule has 0 bridgehead atoms. The fourth-order valence-electron chi connectivity index (χ4n) is 1.31. The summed E-state index contributed by atoms with van der Waals surface area (Å²) in [5.41, 5.74) is -0.575. The Balaban J connectivity index is 3.01. The molecule has 1 atom stereocenters. The molecule has 0 amide bonds. The van der Waals surface area contributed by atoms with Gasteiger partial charge < -0.3 is 5.11 Å². The SMILES string of the molecule is CC(C)(C)C(C)(O)Cc1cc(F)ccc1Cl. The van der Waals surface area contributed by atoms with E-state index in [1.54, 1.807) is 6.92 Å². The van der Waals surface area contributed by atoms with E-state index in [0.29, 0.717) is 17.0 Å². The predicted octanol–water partition coefficient (Wildman–Crippen LogP) is 3.82. The maximum absolute atomic E-state index is 13.1. The lowest BCUT2D eigenvalue weighted by Crippen LogP contribution is -2.41. The van der Waals surface area contributed by atoms with Gasteiger partial charge in [-0.2, -0.15) is 0 Å². The van der Waals surface area contributed by atoms with Gasteiger partial charge in [-0.25, -0.2) is 4.39 Å². The second-order valence-corrected chi connectivity index (χ2v) is 5.84. The van der Waals surface area contributed by atoms with E-state index in [-0.39, 0.29) is 11.2 Å². The average Bonchev–Trinajstić information content (AvgIpc) is 2.09. The monoisotopic (exact) mass is 244 g/mol. The van der Waals surface area contributed by atoms with Gasteiger partial charge in [-0.15, -0.1) is 0 Å². The van der Waals surface area contributed by atoms with Gasteiger partial charge in [-0.3, -0.25) is 0 Å². The maximum atomic E-state index is 13.1. The minimum absolute atomic E-state index is 0.289. The smallest absolute Gasteiger partial charge is 0.123 e. The van der Waals surface area contributed by atoms with Crippen molar-refractivity contribution in [2.75, 3.05) is 0 Å². The first kappa shape index (κ1) is 13.5. The molecule has 3 heteroatoms. The Bertz CT molecular complexity index is 380. The number of rotatable bonds is 2. The summed E-state index contributed by atoms with van der Waals surface area (Å²) < 4.78 is 13.1. The summed E-state index contributed by atoms with van der Waals surface area (Å²) in [7, 11) is 0. The molecule has 1 rings (SSSR count). The molecule has 1 unspecified atom stereocenters. The first-order chi connectivity index (χ1) is 7.13. The zero-order valence-electron chi connectivity index (χ0n) is 10.1. The van der Waals surface area contributed by atoms with Crippen molar-refractivity contribution < 1.29 is 9.50 Å². The lowest BCUT2D eigenvalue weighted by atomic mass is 9.74. The zero-order chi connectivity index (χ0) is 12.6. The third-order valence-corrected chi connectivity index (χ3v) is 3.53. The van der Waals surface area contributed by atoms with Crippen molar-refractivity contribution in [2.45, 2.75) is 39.7 Å². The third kappa shape index (κ3) is 2.96. The molecule has 0 fully saturated rings. The molecule has 1 nitrogen and oxygen atoms in total. The summed E-state index contributed by atoms with van der Waals surface area (Å²) in [5.74, 6) is -0.330. The molecule has 0 aliphatic rings. The van der Waals surface area contributed by atoms with Gasteiger partial charge in [0, 0.05) is 11.4 Å².